The summed E-state index contributed by atoms with van der Waals surface area (Å²) in [5.41, 5.74) is 0.703. The van der Waals surface area contributed by atoms with Crippen molar-refractivity contribution >= 4 is 29.1 Å². The molecule has 0 aliphatic carbocycles. The molecule has 1 fully saturated rings. The number of carbonyl (C=O) groups excluding carboxylic acids is 2. The Balaban J connectivity index is 1.80. The average molecular weight is 353 g/mol. The van der Waals surface area contributed by atoms with E-state index >= 15 is 0 Å². The molecule has 0 saturated carbocycles. The molecule has 2 rings (SSSR count). The van der Waals surface area contributed by atoms with E-state index in [9.17, 15) is 9.59 Å². The average Bonchev–Trinajstić information content (AvgIpc) is 2.55. The molecule has 6 nitrogen and oxygen atoms in total. The Morgan fingerprint density at radius 2 is 1.96 bits per heavy atom. The predicted molar refractivity (Wildman–Crippen MR) is 96.2 cm³/mol. The quantitative estimate of drug-likeness (QED) is 0.812. The first-order valence-corrected chi connectivity index (χ1v) is 8.67. The lowest BCUT2D eigenvalue weighted by molar-refractivity contribution is -0.124. The molecule has 1 heterocycles. The van der Waals surface area contributed by atoms with Crippen LogP contribution in [-0.2, 0) is 9.59 Å². The third kappa shape index (κ3) is 5.47. The number of likely N-dealkylation sites (N-methyl/N-ethyl adjacent to an activating group) is 1. The molecule has 0 aromatic heterocycles. The summed E-state index contributed by atoms with van der Waals surface area (Å²) in [4.78, 5) is 28.3. The molecule has 2 N–H and O–H groups in total. The molecule has 132 valence electrons. The van der Waals surface area contributed by atoms with Gasteiger partial charge in [-0.2, -0.15) is 0 Å². The van der Waals surface area contributed by atoms with E-state index in [1.54, 1.807) is 12.1 Å². The topological polar surface area (TPSA) is 64.7 Å². The van der Waals surface area contributed by atoms with E-state index in [4.69, 9.17) is 11.6 Å². The molecule has 1 aliphatic heterocycles. The molecule has 1 aliphatic rings. The van der Waals surface area contributed by atoms with Crippen LogP contribution in [0.4, 0.5) is 5.69 Å². The summed E-state index contributed by atoms with van der Waals surface area (Å²) in [6.45, 7) is 7.99. The van der Waals surface area contributed by atoms with Crippen molar-refractivity contribution < 1.29 is 9.59 Å². The Labute approximate surface area is 148 Å². The van der Waals surface area contributed by atoms with E-state index in [1.807, 2.05) is 26.0 Å². The zero-order valence-electron chi connectivity index (χ0n) is 14.2. The molecule has 1 atom stereocenters. The van der Waals surface area contributed by atoms with Gasteiger partial charge in [0.2, 0.25) is 11.8 Å². The SMILES string of the molecule is CCNC(=O)CN1CCN(C(C)C(=O)Nc2cccc(Cl)c2)CC1. The number of hydrogen-bond donors (Lipinski definition) is 2. The van der Waals surface area contributed by atoms with Crippen LogP contribution >= 0.6 is 11.6 Å². The summed E-state index contributed by atoms with van der Waals surface area (Å²) in [5.74, 6) is 0.00661. The van der Waals surface area contributed by atoms with Crippen molar-refractivity contribution in [2.45, 2.75) is 19.9 Å². The van der Waals surface area contributed by atoms with Gasteiger partial charge in [-0.25, -0.2) is 0 Å². The van der Waals surface area contributed by atoms with E-state index in [1.165, 1.54) is 0 Å². The van der Waals surface area contributed by atoms with Gasteiger partial charge in [0.25, 0.3) is 0 Å². The second-order valence-electron chi connectivity index (χ2n) is 5.94. The Bertz CT molecular complexity index is 573. The van der Waals surface area contributed by atoms with Gasteiger partial charge in [0.1, 0.15) is 0 Å². The molecule has 0 radical (unpaired) electrons. The minimum atomic E-state index is -0.226. The number of anilines is 1. The molecule has 1 saturated heterocycles. The van der Waals surface area contributed by atoms with Gasteiger partial charge in [0, 0.05) is 43.4 Å². The van der Waals surface area contributed by atoms with E-state index in [0.717, 1.165) is 26.2 Å². The molecule has 1 aromatic rings. The van der Waals surface area contributed by atoms with Crippen molar-refractivity contribution in [2.24, 2.45) is 0 Å². The number of hydrogen-bond acceptors (Lipinski definition) is 4. The third-order valence-corrected chi connectivity index (χ3v) is 4.40. The fraction of sp³-hybridized carbons (Fsp3) is 0.529. The lowest BCUT2D eigenvalue weighted by Crippen LogP contribution is -2.54. The Hall–Kier alpha value is -1.63. The van der Waals surface area contributed by atoms with Crippen molar-refractivity contribution in [1.29, 1.82) is 0 Å². The van der Waals surface area contributed by atoms with E-state index < -0.39 is 0 Å². The van der Waals surface area contributed by atoms with Crippen LogP contribution in [0.1, 0.15) is 13.8 Å². The lowest BCUT2D eigenvalue weighted by atomic mass is 10.2. The van der Waals surface area contributed by atoms with Gasteiger partial charge < -0.3 is 10.6 Å². The predicted octanol–water partition coefficient (Wildman–Crippen LogP) is 1.42. The first-order chi connectivity index (χ1) is 11.5. The highest BCUT2D eigenvalue weighted by atomic mass is 35.5. The Kier molecular flexibility index (Phi) is 7.02. The number of rotatable bonds is 6. The van der Waals surface area contributed by atoms with Crippen molar-refractivity contribution in [3.05, 3.63) is 29.3 Å². The molecule has 0 spiro atoms. The first-order valence-electron chi connectivity index (χ1n) is 8.29. The van der Waals surface area contributed by atoms with Crippen LogP contribution in [0.25, 0.3) is 0 Å². The number of halogens is 1. The lowest BCUT2D eigenvalue weighted by Gasteiger charge is -2.37. The number of nitrogens with one attached hydrogen (secondary N) is 2. The van der Waals surface area contributed by atoms with Crippen LogP contribution in [0.15, 0.2) is 24.3 Å². The third-order valence-electron chi connectivity index (χ3n) is 4.17. The second kappa shape index (κ2) is 9.01. The summed E-state index contributed by atoms with van der Waals surface area (Å²) in [6, 6.07) is 6.91. The highest BCUT2D eigenvalue weighted by Crippen LogP contribution is 2.16. The van der Waals surface area contributed by atoms with Gasteiger partial charge in [-0.05, 0) is 32.0 Å². The maximum absolute atomic E-state index is 12.4. The van der Waals surface area contributed by atoms with Crippen LogP contribution in [-0.4, -0.2) is 66.9 Å². The smallest absolute Gasteiger partial charge is 0.241 e. The minimum Gasteiger partial charge on any atom is -0.355 e. The highest BCUT2D eigenvalue weighted by Gasteiger charge is 2.26. The summed E-state index contributed by atoms with van der Waals surface area (Å²) in [7, 11) is 0. The van der Waals surface area contributed by atoms with Crippen molar-refractivity contribution in [2.75, 3.05) is 44.6 Å². The Morgan fingerprint density at radius 3 is 2.58 bits per heavy atom. The van der Waals surface area contributed by atoms with Gasteiger partial charge in [-0.15, -0.1) is 0 Å². The molecule has 1 aromatic carbocycles. The van der Waals surface area contributed by atoms with Crippen LogP contribution in [0, 0.1) is 0 Å². The molecular formula is C17H25ClN4O2. The maximum atomic E-state index is 12.4. The highest BCUT2D eigenvalue weighted by molar-refractivity contribution is 6.30. The number of piperazine rings is 1. The standard InChI is InChI=1S/C17H25ClN4O2/c1-3-19-16(23)12-21-7-9-22(10-8-21)13(2)17(24)20-15-6-4-5-14(18)11-15/h4-6,11,13H,3,7-10,12H2,1-2H3,(H,19,23)(H,20,24). The van der Waals surface area contributed by atoms with Gasteiger partial charge in [0.05, 0.1) is 12.6 Å². The van der Waals surface area contributed by atoms with Crippen molar-refractivity contribution in [1.82, 2.24) is 15.1 Å². The number of nitrogens with zero attached hydrogens (tertiary/aromatic N) is 2. The molecule has 24 heavy (non-hydrogen) atoms. The van der Waals surface area contributed by atoms with Gasteiger partial charge in [-0.1, -0.05) is 17.7 Å². The molecule has 7 heteroatoms. The van der Waals surface area contributed by atoms with E-state index in [0.29, 0.717) is 23.8 Å². The number of benzene rings is 1. The summed E-state index contributed by atoms with van der Waals surface area (Å²) < 4.78 is 0. The minimum absolute atomic E-state index is 0.0468. The summed E-state index contributed by atoms with van der Waals surface area (Å²) in [5, 5.41) is 6.30. The van der Waals surface area contributed by atoms with E-state index in [2.05, 4.69) is 20.4 Å². The normalized spacial score (nSPS) is 17.3. The number of amides is 2. The molecule has 1 unspecified atom stereocenters. The van der Waals surface area contributed by atoms with Crippen molar-refractivity contribution in [3.8, 4) is 0 Å². The van der Waals surface area contributed by atoms with Crippen molar-refractivity contribution in [3.63, 3.8) is 0 Å². The van der Waals surface area contributed by atoms with Crippen LogP contribution in [0.3, 0.4) is 0 Å². The van der Waals surface area contributed by atoms with Crippen LogP contribution in [0.2, 0.25) is 5.02 Å². The molecular weight excluding hydrogens is 328 g/mol. The monoisotopic (exact) mass is 352 g/mol. The fourth-order valence-corrected chi connectivity index (χ4v) is 2.93. The summed E-state index contributed by atoms with van der Waals surface area (Å²) in [6.07, 6.45) is 0. The zero-order valence-corrected chi connectivity index (χ0v) is 15.0. The summed E-state index contributed by atoms with van der Waals surface area (Å²) >= 11 is 5.94. The van der Waals surface area contributed by atoms with Gasteiger partial charge in [0.15, 0.2) is 0 Å². The van der Waals surface area contributed by atoms with Gasteiger partial charge in [-0.3, -0.25) is 19.4 Å². The fourth-order valence-electron chi connectivity index (χ4n) is 2.74. The molecule has 2 amide bonds. The maximum Gasteiger partial charge on any atom is 0.241 e. The second-order valence-corrected chi connectivity index (χ2v) is 6.38. The zero-order chi connectivity index (χ0) is 17.5. The Morgan fingerprint density at radius 1 is 1.25 bits per heavy atom. The van der Waals surface area contributed by atoms with Crippen LogP contribution < -0.4 is 10.6 Å². The van der Waals surface area contributed by atoms with Crippen LogP contribution in [0.5, 0.6) is 0 Å². The van der Waals surface area contributed by atoms with E-state index in [-0.39, 0.29) is 17.9 Å². The first kappa shape index (κ1) is 18.7. The van der Waals surface area contributed by atoms with Gasteiger partial charge >= 0.3 is 0 Å². The largest absolute Gasteiger partial charge is 0.355 e. The molecule has 0 bridgehead atoms. The number of carbonyl (C=O) groups is 2.